The van der Waals surface area contributed by atoms with Gasteiger partial charge in [0.05, 0.1) is 19.8 Å². The van der Waals surface area contributed by atoms with Gasteiger partial charge in [-0.25, -0.2) is 4.79 Å². The lowest BCUT2D eigenvalue weighted by atomic mass is 10.2. The van der Waals surface area contributed by atoms with Crippen LogP contribution in [0.2, 0.25) is 0 Å². The Morgan fingerprint density at radius 1 is 1.44 bits per heavy atom. The van der Waals surface area contributed by atoms with Gasteiger partial charge in [0.25, 0.3) is 0 Å². The molecule has 0 aliphatic carbocycles. The number of hydrogen-bond donors (Lipinski definition) is 0. The Balaban J connectivity index is 2.19. The largest absolute Gasteiger partial charge is 0.462 e. The molecule has 0 unspecified atom stereocenters. The summed E-state index contributed by atoms with van der Waals surface area (Å²) in [7, 11) is 0. The number of ether oxygens (including phenoxy) is 2. The Hall–Kier alpha value is -0.870. The molecule has 1 aliphatic rings. The summed E-state index contributed by atoms with van der Waals surface area (Å²) in [6.07, 6.45) is 1.94. The highest BCUT2D eigenvalue weighted by atomic mass is 16.5. The highest BCUT2D eigenvalue weighted by Crippen LogP contribution is 2.03. The molecule has 0 radical (unpaired) electrons. The zero-order chi connectivity index (χ0) is 11.8. The summed E-state index contributed by atoms with van der Waals surface area (Å²) in [6, 6.07) is 0. The number of nitrogens with zero attached hydrogens (tertiary/aromatic N) is 1. The first-order chi connectivity index (χ1) is 7.74. The monoisotopic (exact) mass is 227 g/mol. The van der Waals surface area contributed by atoms with Gasteiger partial charge in [-0.15, -0.1) is 0 Å². The van der Waals surface area contributed by atoms with E-state index in [0.29, 0.717) is 18.7 Å². The summed E-state index contributed by atoms with van der Waals surface area (Å²) >= 11 is 0. The third kappa shape index (κ3) is 4.77. The van der Waals surface area contributed by atoms with Crippen molar-refractivity contribution >= 4 is 5.97 Å². The maximum absolute atomic E-state index is 11.5. The molecule has 1 rings (SSSR count). The van der Waals surface area contributed by atoms with Crippen molar-refractivity contribution in [2.24, 2.45) is 0 Å². The number of morpholine rings is 1. The van der Waals surface area contributed by atoms with Crippen LogP contribution in [0.5, 0.6) is 0 Å². The van der Waals surface area contributed by atoms with Crippen LogP contribution in [0.15, 0.2) is 12.2 Å². The van der Waals surface area contributed by atoms with E-state index in [9.17, 15) is 4.79 Å². The number of carbonyl (C=O) groups is 1. The molecule has 92 valence electrons. The second-order valence-corrected chi connectivity index (χ2v) is 3.98. The van der Waals surface area contributed by atoms with Crippen LogP contribution in [0.1, 0.15) is 19.8 Å². The van der Waals surface area contributed by atoms with E-state index in [0.717, 1.165) is 39.1 Å². The predicted molar refractivity (Wildman–Crippen MR) is 62.3 cm³/mol. The lowest BCUT2D eigenvalue weighted by Crippen LogP contribution is -2.38. The second-order valence-electron chi connectivity index (χ2n) is 3.98. The summed E-state index contributed by atoms with van der Waals surface area (Å²) < 4.78 is 10.3. The molecule has 1 saturated heterocycles. The van der Waals surface area contributed by atoms with Crippen molar-refractivity contribution in [3.63, 3.8) is 0 Å². The van der Waals surface area contributed by atoms with E-state index in [2.05, 4.69) is 18.4 Å². The van der Waals surface area contributed by atoms with Crippen molar-refractivity contribution < 1.29 is 14.3 Å². The quantitative estimate of drug-likeness (QED) is 0.388. The van der Waals surface area contributed by atoms with Crippen molar-refractivity contribution in [2.45, 2.75) is 19.8 Å². The van der Waals surface area contributed by atoms with Crippen molar-refractivity contribution in [1.29, 1.82) is 0 Å². The third-order valence-electron chi connectivity index (χ3n) is 2.54. The van der Waals surface area contributed by atoms with Crippen LogP contribution < -0.4 is 0 Å². The molecular weight excluding hydrogens is 206 g/mol. The molecule has 1 fully saturated rings. The van der Waals surface area contributed by atoms with Gasteiger partial charge in [0.2, 0.25) is 0 Å². The summed E-state index contributed by atoms with van der Waals surface area (Å²) in [4.78, 5) is 13.7. The van der Waals surface area contributed by atoms with Gasteiger partial charge in [0.15, 0.2) is 0 Å². The van der Waals surface area contributed by atoms with E-state index in [4.69, 9.17) is 9.47 Å². The minimum atomic E-state index is -0.264. The van der Waals surface area contributed by atoms with Gasteiger partial charge in [0.1, 0.15) is 0 Å². The number of carbonyl (C=O) groups excluding carboxylic acids is 1. The summed E-state index contributed by atoms with van der Waals surface area (Å²) in [5.74, 6) is -0.264. The molecule has 1 heterocycles. The van der Waals surface area contributed by atoms with Gasteiger partial charge in [-0.3, -0.25) is 4.90 Å². The highest BCUT2D eigenvalue weighted by molar-refractivity contribution is 5.88. The smallest absolute Gasteiger partial charge is 0.334 e. The Kier molecular flexibility index (Phi) is 6.11. The summed E-state index contributed by atoms with van der Waals surface area (Å²) in [6.45, 7) is 10.1. The molecule has 0 atom stereocenters. The van der Waals surface area contributed by atoms with Crippen LogP contribution in [0, 0.1) is 0 Å². The van der Waals surface area contributed by atoms with Gasteiger partial charge in [-0.1, -0.05) is 19.9 Å². The van der Waals surface area contributed by atoms with Crippen molar-refractivity contribution in [3.8, 4) is 0 Å². The minimum Gasteiger partial charge on any atom is -0.462 e. The molecule has 16 heavy (non-hydrogen) atoms. The summed E-state index contributed by atoms with van der Waals surface area (Å²) in [5.41, 5.74) is 0.540. The zero-order valence-corrected chi connectivity index (χ0v) is 10.0. The minimum absolute atomic E-state index is 0.264. The van der Waals surface area contributed by atoms with Gasteiger partial charge in [-0.05, 0) is 6.42 Å². The van der Waals surface area contributed by atoms with Crippen LogP contribution in [0.4, 0.5) is 0 Å². The van der Waals surface area contributed by atoms with E-state index < -0.39 is 0 Å². The van der Waals surface area contributed by atoms with Crippen LogP contribution in [-0.4, -0.2) is 50.3 Å². The van der Waals surface area contributed by atoms with Gasteiger partial charge >= 0.3 is 5.97 Å². The van der Waals surface area contributed by atoms with Crippen LogP contribution >= 0.6 is 0 Å². The first-order valence-corrected chi connectivity index (χ1v) is 5.89. The molecule has 0 N–H and O–H groups in total. The first kappa shape index (κ1) is 13.2. The van der Waals surface area contributed by atoms with Gasteiger partial charge in [-0.2, -0.15) is 0 Å². The maximum atomic E-state index is 11.5. The predicted octanol–water partition coefficient (Wildman–Crippen LogP) is 1.22. The number of rotatable bonds is 6. The van der Waals surface area contributed by atoms with Crippen molar-refractivity contribution in [1.82, 2.24) is 4.90 Å². The molecule has 1 aliphatic heterocycles. The molecule has 0 aromatic carbocycles. The van der Waals surface area contributed by atoms with Crippen LogP contribution in [-0.2, 0) is 14.3 Å². The lowest BCUT2D eigenvalue weighted by Gasteiger charge is -2.26. The molecule has 0 amide bonds. The Labute approximate surface area is 97.2 Å². The highest BCUT2D eigenvalue weighted by Gasteiger charge is 2.15. The Morgan fingerprint density at radius 2 is 2.12 bits per heavy atom. The van der Waals surface area contributed by atoms with Crippen LogP contribution in [0.25, 0.3) is 0 Å². The van der Waals surface area contributed by atoms with E-state index in [1.54, 1.807) is 0 Å². The maximum Gasteiger partial charge on any atom is 0.334 e. The first-order valence-electron chi connectivity index (χ1n) is 5.89. The molecule has 0 spiro atoms. The van der Waals surface area contributed by atoms with Gasteiger partial charge in [0, 0.05) is 25.2 Å². The molecule has 0 aromatic heterocycles. The molecule has 4 nitrogen and oxygen atoms in total. The molecule has 0 saturated carbocycles. The fraction of sp³-hybridized carbons (Fsp3) is 0.750. The third-order valence-corrected chi connectivity index (χ3v) is 2.54. The molecule has 4 heteroatoms. The van der Waals surface area contributed by atoms with E-state index in [-0.39, 0.29) is 5.97 Å². The lowest BCUT2D eigenvalue weighted by molar-refractivity contribution is -0.139. The fourth-order valence-corrected chi connectivity index (χ4v) is 1.51. The zero-order valence-electron chi connectivity index (χ0n) is 10.0. The van der Waals surface area contributed by atoms with Crippen LogP contribution in [0.3, 0.4) is 0 Å². The Morgan fingerprint density at radius 3 is 2.75 bits per heavy atom. The number of esters is 1. The summed E-state index contributed by atoms with van der Waals surface area (Å²) in [5, 5.41) is 0. The molecular formula is C12H21NO3. The fourth-order valence-electron chi connectivity index (χ4n) is 1.51. The van der Waals surface area contributed by atoms with Crippen molar-refractivity contribution in [3.05, 3.63) is 12.2 Å². The number of unbranched alkanes of at least 4 members (excludes halogenated alkanes) is 1. The second kappa shape index (κ2) is 7.41. The van der Waals surface area contributed by atoms with E-state index in [1.165, 1.54) is 0 Å². The Bertz CT molecular complexity index is 234. The van der Waals surface area contributed by atoms with E-state index in [1.807, 2.05) is 0 Å². The van der Waals surface area contributed by atoms with Gasteiger partial charge < -0.3 is 9.47 Å². The molecule has 0 bridgehead atoms. The molecule has 0 aromatic rings. The topological polar surface area (TPSA) is 38.8 Å². The normalized spacial score (nSPS) is 17.1. The average Bonchev–Trinajstić information content (AvgIpc) is 2.30. The van der Waals surface area contributed by atoms with Crippen molar-refractivity contribution in [2.75, 3.05) is 39.5 Å². The standard InChI is InChI=1S/C12H21NO3/c1-3-4-7-16-12(14)11(2)10-13-5-8-15-9-6-13/h2-10H2,1H3. The number of hydrogen-bond acceptors (Lipinski definition) is 4. The SMILES string of the molecule is C=C(CN1CCOCC1)C(=O)OCCCC. The average molecular weight is 227 g/mol. The van der Waals surface area contributed by atoms with E-state index >= 15 is 0 Å².